The number of nitrogens with one attached hydrogen (secondary N) is 1. The normalized spacial score (nSPS) is 29.0. The van der Waals surface area contributed by atoms with Crippen LogP contribution in [-0.2, 0) is 0 Å². The van der Waals surface area contributed by atoms with Crippen molar-refractivity contribution in [3.05, 3.63) is 35.6 Å². The van der Waals surface area contributed by atoms with Gasteiger partial charge in [0, 0.05) is 6.04 Å². The summed E-state index contributed by atoms with van der Waals surface area (Å²) >= 11 is 0. The Labute approximate surface area is 116 Å². The van der Waals surface area contributed by atoms with Crippen molar-refractivity contribution < 1.29 is 4.39 Å². The summed E-state index contributed by atoms with van der Waals surface area (Å²) in [6, 6.07) is 7.82. The minimum absolute atomic E-state index is 0.0411. The van der Waals surface area contributed by atoms with Gasteiger partial charge in [-0.15, -0.1) is 0 Å². The third-order valence-corrected chi connectivity index (χ3v) is 5.27. The quantitative estimate of drug-likeness (QED) is 0.833. The van der Waals surface area contributed by atoms with Crippen molar-refractivity contribution >= 4 is 0 Å². The maximum Gasteiger partial charge on any atom is 0.126 e. The number of rotatable bonds is 5. The Kier molecular flexibility index (Phi) is 4.29. The van der Waals surface area contributed by atoms with E-state index in [4.69, 9.17) is 0 Å². The second-order valence-electron chi connectivity index (χ2n) is 5.83. The van der Waals surface area contributed by atoms with E-state index in [0.717, 1.165) is 24.9 Å². The predicted molar refractivity (Wildman–Crippen MR) is 78.8 cm³/mol. The van der Waals surface area contributed by atoms with Crippen LogP contribution in [0.5, 0.6) is 0 Å². The van der Waals surface area contributed by atoms with Gasteiger partial charge in [-0.05, 0) is 48.3 Å². The molecule has 0 saturated heterocycles. The maximum atomic E-state index is 14.1. The van der Waals surface area contributed by atoms with Crippen LogP contribution in [0.25, 0.3) is 0 Å². The molecule has 2 heteroatoms. The molecule has 0 amide bonds. The molecule has 0 aromatic heterocycles. The second kappa shape index (κ2) is 5.62. The Balaban J connectivity index is 2.37. The summed E-state index contributed by atoms with van der Waals surface area (Å²) in [6.07, 6.45) is 2.20. The van der Waals surface area contributed by atoms with E-state index >= 15 is 0 Å². The number of benzene rings is 1. The molecule has 3 unspecified atom stereocenters. The number of halogens is 1. The summed E-state index contributed by atoms with van der Waals surface area (Å²) in [5, 5.41) is 3.62. The summed E-state index contributed by atoms with van der Waals surface area (Å²) in [5.74, 6) is 0.796. The Morgan fingerprint density at radius 2 is 1.79 bits per heavy atom. The molecule has 1 fully saturated rings. The van der Waals surface area contributed by atoms with Gasteiger partial charge in [0.05, 0.1) is 0 Å². The van der Waals surface area contributed by atoms with Gasteiger partial charge in [-0.25, -0.2) is 4.39 Å². The lowest BCUT2D eigenvalue weighted by molar-refractivity contribution is -0.0402. The molecule has 1 N–H and O–H groups in total. The van der Waals surface area contributed by atoms with Crippen LogP contribution >= 0.6 is 0 Å². The first-order valence-corrected chi connectivity index (χ1v) is 7.60. The Morgan fingerprint density at radius 3 is 2.32 bits per heavy atom. The molecule has 1 aliphatic carbocycles. The van der Waals surface area contributed by atoms with Gasteiger partial charge in [0.15, 0.2) is 0 Å². The highest BCUT2D eigenvalue weighted by Crippen LogP contribution is 2.60. The molecule has 0 spiro atoms. The first-order valence-electron chi connectivity index (χ1n) is 7.60. The zero-order valence-corrected chi connectivity index (χ0v) is 12.5. The summed E-state index contributed by atoms with van der Waals surface area (Å²) < 4.78 is 14.1. The molecule has 3 atom stereocenters. The van der Waals surface area contributed by atoms with E-state index in [2.05, 4.69) is 33.0 Å². The summed E-state index contributed by atoms with van der Waals surface area (Å²) in [7, 11) is 0. The number of hydrogen-bond acceptors (Lipinski definition) is 1. The smallest absolute Gasteiger partial charge is 0.126 e. The molecular formula is C17H26FN. The van der Waals surface area contributed by atoms with Crippen molar-refractivity contribution in [2.45, 2.75) is 52.5 Å². The van der Waals surface area contributed by atoms with E-state index in [1.165, 1.54) is 0 Å². The van der Waals surface area contributed by atoms with Crippen LogP contribution in [0.15, 0.2) is 24.3 Å². The largest absolute Gasteiger partial charge is 0.313 e. The van der Waals surface area contributed by atoms with E-state index in [1.54, 1.807) is 12.1 Å². The van der Waals surface area contributed by atoms with Crippen molar-refractivity contribution in [1.29, 1.82) is 0 Å². The Hall–Kier alpha value is -0.890. The van der Waals surface area contributed by atoms with Gasteiger partial charge in [0.2, 0.25) is 0 Å². The van der Waals surface area contributed by atoms with E-state index < -0.39 is 0 Å². The standard InChI is InChI=1S/C17H26FN/c1-5-17(6-2)15(12(4)16(17)19-7-3)13-10-8-9-11-14(13)18/h8-12,15-16,19H,5-7H2,1-4H3. The molecule has 0 radical (unpaired) electrons. The third kappa shape index (κ3) is 2.10. The first-order chi connectivity index (χ1) is 9.12. The summed E-state index contributed by atoms with van der Waals surface area (Å²) in [6.45, 7) is 9.88. The minimum Gasteiger partial charge on any atom is -0.313 e. The highest BCUT2D eigenvalue weighted by molar-refractivity contribution is 5.31. The SMILES string of the molecule is CCNC1C(C)C(c2ccccc2F)C1(CC)CC. The average molecular weight is 263 g/mol. The molecule has 2 rings (SSSR count). The van der Waals surface area contributed by atoms with Crippen molar-refractivity contribution in [3.8, 4) is 0 Å². The fourth-order valence-corrected chi connectivity index (χ4v) is 4.37. The lowest BCUT2D eigenvalue weighted by Crippen LogP contribution is -2.64. The fraction of sp³-hybridized carbons (Fsp3) is 0.647. The minimum atomic E-state index is -0.0411. The van der Waals surface area contributed by atoms with E-state index in [-0.39, 0.29) is 11.2 Å². The van der Waals surface area contributed by atoms with Gasteiger partial charge in [-0.1, -0.05) is 45.9 Å². The van der Waals surface area contributed by atoms with Crippen molar-refractivity contribution in [2.24, 2.45) is 11.3 Å². The van der Waals surface area contributed by atoms with Gasteiger partial charge in [-0.3, -0.25) is 0 Å². The number of hydrogen-bond donors (Lipinski definition) is 1. The van der Waals surface area contributed by atoms with Gasteiger partial charge in [-0.2, -0.15) is 0 Å². The van der Waals surface area contributed by atoms with Crippen molar-refractivity contribution in [1.82, 2.24) is 5.32 Å². The average Bonchev–Trinajstić information content (AvgIpc) is 2.43. The van der Waals surface area contributed by atoms with Crippen LogP contribution in [0.1, 0.15) is 52.0 Å². The lowest BCUT2D eigenvalue weighted by atomic mass is 9.46. The van der Waals surface area contributed by atoms with E-state index in [1.807, 2.05) is 12.1 Å². The maximum absolute atomic E-state index is 14.1. The lowest BCUT2D eigenvalue weighted by Gasteiger charge is -2.61. The molecular weight excluding hydrogens is 237 g/mol. The zero-order chi connectivity index (χ0) is 14.0. The molecule has 0 bridgehead atoms. The van der Waals surface area contributed by atoms with Crippen molar-refractivity contribution in [3.63, 3.8) is 0 Å². The van der Waals surface area contributed by atoms with Crippen LogP contribution < -0.4 is 5.32 Å². The van der Waals surface area contributed by atoms with Crippen LogP contribution in [0.4, 0.5) is 4.39 Å². The topological polar surface area (TPSA) is 12.0 Å². The van der Waals surface area contributed by atoms with Crippen LogP contribution in [0.2, 0.25) is 0 Å². The molecule has 1 aromatic rings. The van der Waals surface area contributed by atoms with Gasteiger partial charge >= 0.3 is 0 Å². The first kappa shape index (κ1) is 14.5. The molecule has 1 aromatic carbocycles. The van der Waals surface area contributed by atoms with E-state index in [0.29, 0.717) is 17.9 Å². The molecule has 1 nitrogen and oxygen atoms in total. The predicted octanol–water partition coefficient (Wildman–Crippen LogP) is 4.34. The molecule has 0 heterocycles. The molecule has 106 valence electrons. The van der Waals surface area contributed by atoms with Crippen LogP contribution in [-0.4, -0.2) is 12.6 Å². The van der Waals surface area contributed by atoms with Crippen LogP contribution in [0.3, 0.4) is 0 Å². The van der Waals surface area contributed by atoms with E-state index in [9.17, 15) is 4.39 Å². The summed E-state index contributed by atoms with van der Waals surface area (Å²) in [5.41, 5.74) is 1.12. The Morgan fingerprint density at radius 1 is 1.16 bits per heavy atom. The molecule has 1 saturated carbocycles. The van der Waals surface area contributed by atoms with Crippen LogP contribution in [0, 0.1) is 17.2 Å². The Bertz CT molecular complexity index is 425. The fourth-order valence-electron chi connectivity index (χ4n) is 4.37. The van der Waals surface area contributed by atoms with Crippen molar-refractivity contribution in [2.75, 3.05) is 6.54 Å². The molecule has 19 heavy (non-hydrogen) atoms. The van der Waals surface area contributed by atoms with Gasteiger partial charge in [0.1, 0.15) is 5.82 Å². The van der Waals surface area contributed by atoms with Gasteiger partial charge < -0.3 is 5.32 Å². The highest BCUT2D eigenvalue weighted by Gasteiger charge is 2.58. The summed E-state index contributed by atoms with van der Waals surface area (Å²) in [4.78, 5) is 0. The highest BCUT2D eigenvalue weighted by atomic mass is 19.1. The monoisotopic (exact) mass is 263 g/mol. The molecule has 0 aliphatic heterocycles. The second-order valence-corrected chi connectivity index (χ2v) is 5.83. The zero-order valence-electron chi connectivity index (χ0n) is 12.5. The third-order valence-electron chi connectivity index (χ3n) is 5.27. The molecule has 1 aliphatic rings. The van der Waals surface area contributed by atoms with Gasteiger partial charge in [0.25, 0.3) is 0 Å².